The summed E-state index contributed by atoms with van der Waals surface area (Å²) in [5.74, 6) is -4.17. The van der Waals surface area contributed by atoms with E-state index in [1.54, 1.807) is 12.1 Å². The van der Waals surface area contributed by atoms with Crippen LogP contribution in [0.5, 0.6) is 5.75 Å². The van der Waals surface area contributed by atoms with Crippen molar-refractivity contribution in [2.75, 3.05) is 6.54 Å². The van der Waals surface area contributed by atoms with Crippen LogP contribution < -0.4 is 4.18 Å². The van der Waals surface area contributed by atoms with Gasteiger partial charge in [-0.2, -0.15) is 13.4 Å². The Kier molecular flexibility index (Phi) is 8.15. The number of allylic oxidation sites excluding steroid dienone is 2. The molecule has 44 heavy (non-hydrogen) atoms. The molecular formula is C31H27N3O9S. The number of ketones is 1. The minimum absolute atomic E-state index is 0.0467. The zero-order chi connectivity index (χ0) is 31.8. The molecular weight excluding hydrogens is 590 g/mol. The Morgan fingerprint density at radius 3 is 2.11 bits per heavy atom. The molecule has 1 aliphatic heterocycles. The third-order valence-electron chi connectivity index (χ3n) is 7.59. The van der Waals surface area contributed by atoms with Crippen molar-refractivity contribution in [3.05, 3.63) is 111 Å². The molecule has 3 aromatic carbocycles. The molecule has 1 saturated heterocycles. The molecule has 2 atom stereocenters. The van der Waals surface area contributed by atoms with Crippen LogP contribution in [0.25, 0.3) is 0 Å². The zero-order valence-corrected chi connectivity index (χ0v) is 24.5. The van der Waals surface area contributed by atoms with Gasteiger partial charge in [0.2, 0.25) is 0 Å². The molecule has 0 spiro atoms. The summed E-state index contributed by atoms with van der Waals surface area (Å²) in [4.78, 5) is 64.4. The van der Waals surface area contributed by atoms with Crippen molar-refractivity contribution in [1.82, 2.24) is 10.0 Å². The number of fused-ring (bicyclic) bond motifs is 1. The molecule has 2 aliphatic rings. The molecule has 13 heteroatoms. The first kappa shape index (κ1) is 30.3. The van der Waals surface area contributed by atoms with E-state index in [1.165, 1.54) is 48.5 Å². The minimum atomic E-state index is -4.14. The van der Waals surface area contributed by atoms with Gasteiger partial charge in [0.25, 0.3) is 23.4 Å². The molecule has 0 radical (unpaired) electrons. The number of hydrogen-bond donors (Lipinski definition) is 0. The molecule has 1 aliphatic carbocycles. The molecule has 0 saturated carbocycles. The van der Waals surface area contributed by atoms with E-state index in [1.807, 2.05) is 19.9 Å². The van der Waals surface area contributed by atoms with E-state index >= 15 is 0 Å². The van der Waals surface area contributed by atoms with Gasteiger partial charge in [0.15, 0.2) is 5.78 Å². The first-order valence-electron chi connectivity index (χ1n) is 13.6. The molecule has 3 amide bonds. The van der Waals surface area contributed by atoms with Gasteiger partial charge in [-0.25, -0.2) is 5.01 Å². The zero-order valence-electron chi connectivity index (χ0n) is 23.7. The lowest BCUT2D eigenvalue weighted by Gasteiger charge is -2.30. The van der Waals surface area contributed by atoms with Gasteiger partial charge in [-0.3, -0.25) is 29.3 Å². The fourth-order valence-electron chi connectivity index (χ4n) is 5.17. The quantitative estimate of drug-likeness (QED) is 0.0853. The highest BCUT2D eigenvalue weighted by Gasteiger charge is 2.51. The van der Waals surface area contributed by atoms with Crippen LogP contribution in [0.2, 0.25) is 0 Å². The highest BCUT2D eigenvalue weighted by Crippen LogP contribution is 2.38. The molecule has 1 fully saturated rings. The van der Waals surface area contributed by atoms with Crippen LogP contribution in [0, 0.1) is 28.9 Å². The van der Waals surface area contributed by atoms with E-state index in [9.17, 15) is 37.7 Å². The number of hydrazine groups is 1. The molecule has 3 aromatic rings. The Balaban J connectivity index is 1.40. The molecule has 0 unspecified atom stereocenters. The Morgan fingerprint density at radius 2 is 1.50 bits per heavy atom. The molecule has 226 valence electrons. The normalized spacial score (nSPS) is 18.0. The summed E-state index contributed by atoms with van der Waals surface area (Å²) in [6.07, 6.45) is 2.52. The van der Waals surface area contributed by atoms with Crippen LogP contribution in [-0.2, 0) is 19.7 Å². The molecule has 1 heterocycles. The highest BCUT2D eigenvalue weighted by atomic mass is 32.2. The second-order valence-electron chi connectivity index (χ2n) is 10.7. The molecule has 12 nitrogen and oxygen atoms in total. The van der Waals surface area contributed by atoms with Gasteiger partial charge in [0, 0.05) is 23.3 Å². The second kappa shape index (κ2) is 11.8. The maximum Gasteiger partial charge on any atom is 0.339 e. The van der Waals surface area contributed by atoms with Crippen molar-refractivity contribution in [3.63, 3.8) is 0 Å². The minimum Gasteiger partial charge on any atom is -0.379 e. The predicted molar refractivity (Wildman–Crippen MR) is 156 cm³/mol. The summed E-state index contributed by atoms with van der Waals surface area (Å²) in [6.45, 7) is 2.95. The van der Waals surface area contributed by atoms with Gasteiger partial charge >= 0.3 is 10.1 Å². The Bertz CT molecular complexity index is 1800. The van der Waals surface area contributed by atoms with E-state index in [2.05, 4.69) is 0 Å². The van der Waals surface area contributed by atoms with Crippen molar-refractivity contribution >= 4 is 39.3 Å². The van der Waals surface area contributed by atoms with Gasteiger partial charge in [-0.05, 0) is 75.2 Å². The SMILES string of the molecule is CC1=CC[C@@H]2C(=O)N(N(CC(=O)c3ccc(OS(=O)(=O)c4ccc(C)cc4)cc3)C(=O)c3ccc([N+](=O)[O-])cc3)C(=O)[C@@H]2C1. The van der Waals surface area contributed by atoms with Gasteiger partial charge < -0.3 is 4.18 Å². The van der Waals surface area contributed by atoms with Crippen molar-refractivity contribution in [1.29, 1.82) is 0 Å². The lowest BCUT2D eigenvalue weighted by atomic mass is 9.82. The number of benzene rings is 3. The summed E-state index contributed by atoms with van der Waals surface area (Å²) < 4.78 is 30.5. The number of carbonyl (C=O) groups excluding carboxylic acids is 4. The van der Waals surface area contributed by atoms with Crippen LogP contribution in [0.1, 0.15) is 46.0 Å². The highest BCUT2D eigenvalue weighted by molar-refractivity contribution is 7.87. The van der Waals surface area contributed by atoms with Crippen molar-refractivity contribution in [2.24, 2.45) is 11.8 Å². The van der Waals surface area contributed by atoms with Gasteiger partial charge in [-0.1, -0.05) is 29.3 Å². The van der Waals surface area contributed by atoms with Gasteiger partial charge in [-0.15, -0.1) is 0 Å². The number of nitro benzene ring substituents is 1. The number of hydrogen-bond acceptors (Lipinski definition) is 9. The third kappa shape index (κ3) is 5.99. The molecule has 0 aromatic heterocycles. The van der Waals surface area contributed by atoms with Crippen LogP contribution in [-0.4, -0.2) is 53.4 Å². The van der Waals surface area contributed by atoms with Crippen LogP contribution >= 0.6 is 0 Å². The number of non-ortho nitro benzene ring substituents is 1. The van der Waals surface area contributed by atoms with Crippen LogP contribution in [0.15, 0.2) is 89.3 Å². The lowest BCUT2D eigenvalue weighted by molar-refractivity contribution is -0.384. The Labute approximate surface area is 252 Å². The summed E-state index contributed by atoms with van der Waals surface area (Å²) in [7, 11) is -4.14. The summed E-state index contributed by atoms with van der Waals surface area (Å²) in [5.41, 5.74) is 1.52. The van der Waals surface area contributed by atoms with Gasteiger partial charge in [0.1, 0.15) is 17.2 Å². The van der Waals surface area contributed by atoms with Crippen LogP contribution in [0.3, 0.4) is 0 Å². The van der Waals surface area contributed by atoms with E-state index in [0.717, 1.165) is 33.3 Å². The Hall–Kier alpha value is -5.17. The number of Topliss-reactive ketones (excluding diaryl/α,β-unsaturated/α-hetero) is 1. The summed E-state index contributed by atoms with van der Waals surface area (Å²) in [5, 5.41) is 12.6. The lowest BCUT2D eigenvalue weighted by Crippen LogP contribution is -2.52. The van der Waals surface area contributed by atoms with E-state index in [-0.39, 0.29) is 27.5 Å². The average molecular weight is 618 g/mol. The topological polar surface area (TPSA) is 161 Å². The van der Waals surface area contributed by atoms with E-state index in [4.69, 9.17) is 4.18 Å². The molecule has 0 bridgehead atoms. The fraction of sp³-hybridized carbons (Fsp3) is 0.226. The summed E-state index contributed by atoms with van der Waals surface area (Å²) >= 11 is 0. The standard InChI is InChI=1S/C31H27N3O9S/c1-19-3-14-25(15-4-19)44(41,42)43-24-12-8-21(9-13-24)28(35)18-32(29(36)22-6-10-23(11-7-22)34(39)40)33-30(37)26-16-5-20(2)17-27(26)31(33)38/h3-15,26-27H,16-18H2,1-2H3/t26-,27+/m0/s1. The largest absolute Gasteiger partial charge is 0.379 e. The van der Waals surface area contributed by atoms with Crippen molar-refractivity contribution in [2.45, 2.75) is 31.6 Å². The third-order valence-corrected chi connectivity index (χ3v) is 8.85. The number of nitrogens with zero attached hydrogens (tertiary/aromatic N) is 3. The predicted octanol–water partition coefficient (Wildman–Crippen LogP) is 4.25. The fourth-order valence-corrected chi connectivity index (χ4v) is 6.10. The van der Waals surface area contributed by atoms with E-state index in [0.29, 0.717) is 12.8 Å². The maximum absolute atomic E-state index is 13.7. The smallest absolute Gasteiger partial charge is 0.339 e. The Morgan fingerprint density at radius 1 is 0.909 bits per heavy atom. The summed E-state index contributed by atoms with van der Waals surface area (Å²) in [6, 6.07) is 15.8. The van der Waals surface area contributed by atoms with Gasteiger partial charge in [0.05, 0.1) is 16.8 Å². The number of nitro groups is 1. The van der Waals surface area contributed by atoms with Crippen molar-refractivity contribution < 1.29 is 36.7 Å². The first-order valence-corrected chi connectivity index (χ1v) is 15.0. The number of amides is 3. The monoisotopic (exact) mass is 617 g/mol. The maximum atomic E-state index is 13.7. The van der Waals surface area contributed by atoms with E-state index < -0.39 is 56.9 Å². The second-order valence-corrected chi connectivity index (χ2v) is 12.2. The number of rotatable bonds is 9. The van der Waals surface area contributed by atoms with Crippen molar-refractivity contribution in [3.8, 4) is 5.75 Å². The van der Waals surface area contributed by atoms with Crippen LogP contribution in [0.4, 0.5) is 5.69 Å². The molecule has 5 rings (SSSR count). The number of aryl methyl sites for hydroxylation is 1. The molecule has 0 N–H and O–H groups in total. The number of carbonyl (C=O) groups is 4. The average Bonchev–Trinajstić information content (AvgIpc) is 3.24. The first-order chi connectivity index (χ1) is 20.9. The number of imide groups is 1.